The minimum Gasteiger partial charge on any atom is -0.204 e. The maximum atomic E-state index is 14.0. The van der Waals surface area contributed by atoms with E-state index in [0.717, 1.165) is 28.3 Å². The highest BCUT2D eigenvalue weighted by molar-refractivity contribution is 5.73. The molecule has 0 radical (unpaired) electrons. The molecule has 0 unspecified atom stereocenters. The monoisotopic (exact) mass is 374 g/mol. The molecule has 0 amide bonds. The van der Waals surface area contributed by atoms with Gasteiger partial charge in [-0.05, 0) is 46.9 Å². The van der Waals surface area contributed by atoms with E-state index in [1.165, 1.54) is 11.6 Å². The van der Waals surface area contributed by atoms with Gasteiger partial charge in [0.05, 0.1) is 0 Å². The van der Waals surface area contributed by atoms with Gasteiger partial charge in [-0.15, -0.1) is 0 Å². The number of halogens is 3. The van der Waals surface area contributed by atoms with Crippen molar-refractivity contribution in [3.63, 3.8) is 0 Å². The van der Waals surface area contributed by atoms with Crippen molar-refractivity contribution in [3.8, 4) is 33.4 Å². The number of hydrogen-bond donors (Lipinski definition) is 0. The van der Waals surface area contributed by atoms with E-state index < -0.39 is 17.5 Å². The second-order valence-electron chi connectivity index (χ2n) is 6.74. The van der Waals surface area contributed by atoms with Gasteiger partial charge in [0.15, 0.2) is 17.5 Å². The van der Waals surface area contributed by atoms with Crippen LogP contribution in [0.5, 0.6) is 0 Å². The summed E-state index contributed by atoms with van der Waals surface area (Å²) in [6.45, 7) is 2.06. The van der Waals surface area contributed by atoms with Gasteiger partial charge in [0, 0.05) is 5.56 Å². The van der Waals surface area contributed by atoms with Crippen molar-refractivity contribution < 1.29 is 13.2 Å². The Kier molecular flexibility index (Phi) is 4.74. The Bertz CT molecular complexity index is 1110. The third-order valence-electron chi connectivity index (χ3n) is 4.83. The Morgan fingerprint density at radius 2 is 0.821 bits per heavy atom. The fourth-order valence-electron chi connectivity index (χ4n) is 3.19. The third-order valence-corrected chi connectivity index (χ3v) is 4.83. The molecule has 0 atom stereocenters. The number of rotatable bonds is 3. The molecule has 0 saturated carbocycles. The van der Waals surface area contributed by atoms with Gasteiger partial charge in [-0.2, -0.15) is 0 Å². The van der Waals surface area contributed by atoms with Gasteiger partial charge in [-0.3, -0.25) is 0 Å². The molecule has 138 valence electrons. The maximum Gasteiger partial charge on any atom is 0.195 e. The molecular formula is C25H17F3. The fourth-order valence-corrected chi connectivity index (χ4v) is 3.19. The fraction of sp³-hybridized carbons (Fsp3) is 0.0400. The van der Waals surface area contributed by atoms with Gasteiger partial charge in [-0.1, -0.05) is 78.4 Å². The lowest BCUT2D eigenvalue weighted by Crippen LogP contribution is -1.93. The molecule has 0 spiro atoms. The molecule has 3 heteroatoms. The molecule has 0 N–H and O–H groups in total. The summed E-state index contributed by atoms with van der Waals surface area (Å²) in [5.74, 6) is -3.81. The first-order valence-electron chi connectivity index (χ1n) is 8.94. The van der Waals surface area contributed by atoms with Gasteiger partial charge in [0.2, 0.25) is 0 Å². The van der Waals surface area contributed by atoms with E-state index >= 15 is 0 Å². The average molecular weight is 374 g/mol. The summed E-state index contributed by atoms with van der Waals surface area (Å²) in [4.78, 5) is 0. The molecule has 0 saturated heterocycles. The summed E-state index contributed by atoms with van der Waals surface area (Å²) in [5, 5.41) is 0. The van der Waals surface area contributed by atoms with Gasteiger partial charge in [-0.25, -0.2) is 13.2 Å². The predicted octanol–water partition coefficient (Wildman–Crippen LogP) is 7.41. The summed E-state index contributed by atoms with van der Waals surface area (Å²) in [6.07, 6.45) is 0. The van der Waals surface area contributed by atoms with E-state index in [1.807, 2.05) is 24.3 Å². The lowest BCUT2D eigenvalue weighted by molar-refractivity contribution is 0.449. The van der Waals surface area contributed by atoms with Crippen LogP contribution in [0.25, 0.3) is 33.4 Å². The zero-order valence-corrected chi connectivity index (χ0v) is 15.2. The molecule has 4 aromatic carbocycles. The predicted molar refractivity (Wildman–Crippen MR) is 107 cm³/mol. The number of benzene rings is 4. The first-order valence-corrected chi connectivity index (χ1v) is 8.94. The van der Waals surface area contributed by atoms with Crippen molar-refractivity contribution in [2.24, 2.45) is 0 Å². The van der Waals surface area contributed by atoms with Crippen LogP contribution in [0.15, 0.2) is 84.9 Å². The van der Waals surface area contributed by atoms with Crippen LogP contribution in [0.1, 0.15) is 5.56 Å². The molecule has 28 heavy (non-hydrogen) atoms. The van der Waals surface area contributed by atoms with Crippen LogP contribution < -0.4 is 0 Å². The van der Waals surface area contributed by atoms with Crippen LogP contribution in [0.3, 0.4) is 0 Å². The Labute approximate surface area is 161 Å². The Hall–Kier alpha value is -3.33. The topological polar surface area (TPSA) is 0 Å². The molecule has 4 rings (SSSR count). The van der Waals surface area contributed by atoms with Gasteiger partial charge in [0.1, 0.15) is 0 Å². The minimum atomic E-state index is -1.45. The second kappa shape index (κ2) is 7.35. The van der Waals surface area contributed by atoms with Crippen LogP contribution in [0.2, 0.25) is 0 Å². The Morgan fingerprint density at radius 1 is 0.429 bits per heavy atom. The van der Waals surface area contributed by atoms with Gasteiger partial charge < -0.3 is 0 Å². The largest absolute Gasteiger partial charge is 0.204 e. The lowest BCUT2D eigenvalue weighted by Gasteiger charge is -2.08. The van der Waals surface area contributed by atoms with Crippen molar-refractivity contribution in [1.29, 1.82) is 0 Å². The van der Waals surface area contributed by atoms with E-state index in [0.29, 0.717) is 5.56 Å². The highest BCUT2D eigenvalue weighted by atomic mass is 19.2. The van der Waals surface area contributed by atoms with E-state index in [9.17, 15) is 13.2 Å². The first-order chi connectivity index (χ1) is 13.5. The summed E-state index contributed by atoms with van der Waals surface area (Å²) in [6, 6.07) is 25.8. The second-order valence-corrected chi connectivity index (χ2v) is 6.74. The molecule has 4 aromatic rings. The summed E-state index contributed by atoms with van der Waals surface area (Å²) >= 11 is 0. The third kappa shape index (κ3) is 3.44. The summed E-state index contributed by atoms with van der Waals surface area (Å²) in [5.41, 5.74) is 6.02. The number of aryl methyl sites for hydroxylation is 1. The van der Waals surface area contributed by atoms with Crippen LogP contribution in [0.4, 0.5) is 13.2 Å². The summed E-state index contributed by atoms with van der Waals surface area (Å²) < 4.78 is 40.6. The zero-order valence-electron chi connectivity index (χ0n) is 15.2. The SMILES string of the molecule is Cc1ccc(-c2ccc(-c3ccc(-c4ccc(F)c(F)c4F)cc3)cc2)cc1. The standard InChI is InChI=1S/C25H17F3/c1-16-2-4-17(5-3-16)18-6-8-19(9-7-18)20-10-12-21(13-11-20)22-14-15-23(26)25(28)24(22)27/h2-15H,1H3. The zero-order chi connectivity index (χ0) is 19.7. The molecule has 0 aliphatic carbocycles. The maximum absolute atomic E-state index is 14.0. The Balaban J connectivity index is 1.61. The summed E-state index contributed by atoms with van der Waals surface area (Å²) in [7, 11) is 0. The minimum absolute atomic E-state index is 0.0418. The van der Waals surface area contributed by atoms with Crippen molar-refractivity contribution in [2.45, 2.75) is 6.92 Å². The van der Waals surface area contributed by atoms with Gasteiger partial charge >= 0.3 is 0 Å². The highest BCUT2D eigenvalue weighted by Crippen LogP contribution is 2.29. The van der Waals surface area contributed by atoms with Crippen molar-refractivity contribution in [3.05, 3.63) is 108 Å². The molecule has 0 fully saturated rings. The van der Waals surface area contributed by atoms with Crippen molar-refractivity contribution >= 4 is 0 Å². The van der Waals surface area contributed by atoms with E-state index in [2.05, 4.69) is 43.3 Å². The lowest BCUT2D eigenvalue weighted by atomic mass is 9.97. The molecule has 0 bridgehead atoms. The highest BCUT2D eigenvalue weighted by Gasteiger charge is 2.14. The van der Waals surface area contributed by atoms with Gasteiger partial charge in [0.25, 0.3) is 0 Å². The van der Waals surface area contributed by atoms with Crippen LogP contribution in [-0.4, -0.2) is 0 Å². The first kappa shape index (κ1) is 18.1. The van der Waals surface area contributed by atoms with Crippen molar-refractivity contribution in [1.82, 2.24) is 0 Å². The number of hydrogen-bond acceptors (Lipinski definition) is 0. The van der Waals surface area contributed by atoms with E-state index in [4.69, 9.17) is 0 Å². The smallest absolute Gasteiger partial charge is 0.195 e. The van der Waals surface area contributed by atoms with Crippen molar-refractivity contribution in [2.75, 3.05) is 0 Å². The normalized spacial score (nSPS) is 10.9. The quantitative estimate of drug-likeness (QED) is 0.327. The molecular weight excluding hydrogens is 357 g/mol. The molecule has 0 aliphatic heterocycles. The van der Waals surface area contributed by atoms with E-state index in [-0.39, 0.29) is 5.56 Å². The Morgan fingerprint density at radius 3 is 1.29 bits per heavy atom. The average Bonchev–Trinajstić information content (AvgIpc) is 2.73. The van der Waals surface area contributed by atoms with E-state index in [1.54, 1.807) is 12.1 Å². The van der Waals surface area contributed by atoms with Crippen LogP contribution >= 0.6 is 0 Å². The van der Waals surface area contributed by atoms with Crippen LogP contribution in [0, 0.1) is 24.4 Å². The van der Waals surface area contributed by atoms with Crippen LogP contribution in [-0.2, 0) is 0 Å². The molecule has 0 aliphatic rings. The molecule has 0 nitrogen and oxygen atoms in total. The molecule has 0 aromatic heterocycles. The molecule has 0 heterocycles.